The highest BCUT2D eigenvalue weighted by molar-refractivity contribution is 7.15. The summed E-state index contributed by atoms with van der Waals surface area (Å²) < 4.78 is 12.4. The van der Waals surface area contributed by atoms with Crippen LogP contribution in [0.15, 0.2) is 35.8 Å². The van der Waals surface area contributed by atoms with E-state index in [0.29, 0.717) is 17.3 Å². The number of aromatic nitrogens is 2. The van der Waals surface area contributed by atoms with Crippen molar-refractivity contribution in [3.8, 4) is 17.4 Å². The van der Waals surface area contributed by atoms with Gasteiger partial charge in [-0.2, -0.15) is 4.98 Å². The van der Waals surface area contributed by atoms with Crippen LogP contribution in [0.4, 0.5) is 0 Å². The molecule has 3 rings (SSSR count). The molecular weight excluding hydrogens is 264 g/mol. The number of rotatable bonds is 4. The first-order valence-electron chi connectivity index (χ1n) is 5.54. The Kier molecular flexibility index (Phi) is 2.92. The largest absolute Gasteiger partial charge is 0.497 e. The Balaban J connectivity index is 1.95. The van der Waals surface area contributed by atoms with Gasteiger partial charge in [0, 0.05) is 11.6 Å². The summed E-state index contributed by atoms with van der Waals surface area (Å²) in [6.07, 6.45) is 2.53. The molecule has 0 spiro atoms. The quantitative estimate of drug-likeness (QED) is 0.686. The van der Waals surface area contributed by atoms with Gasteiger partial charge in [-0.25, -0.2) is 0 Å². The molecular formula is C13H10N2O3S. The predicted octanol–water partition coefficient (Wildman–Crippen LogP) is 3.01. The highest BCUT2D eigenvalue weighted by Crippen LogP contribution is 2.27. The van der Waals surface area contributed by atoms with Gasteiger partial charge in [-0.15, -0.1) is 11.3 Å². The molecule has 0 unspecified atom stereocenters. The molecule has 2 heterocycles. The van der Waals surface area contributed by atoms with Gasteiger partial charge < -0.3 is 9.47 Å². The lowest BCUT2D eigenvalue weighted by Gasteiger charge is -2.04. The monoisotopic (exact) mass is 274 g/mol. The maximum atomic E-state index is 11.1. The van der Waals surface area contributed by atoms with E-state index in [1.807, 2.05) is 5.38 Å². The smallest absolute Gasteiger partial charge is 0.250 e. The van der Waals surface area contributed by atoms with Crippen LogP contribution in [0, 0.1) is 0 Å². The third-order valence-electron chi connectivity index (χ3n) is 2.65. The minimum atomic E-state index is 0.312. The van der Waals surface area contributed by atoms with E-state index in [1.165, 1.54) is 11.3 Å². The van der Waals surface area contributed by atoms with Gasteiger partial charge >= 0.3 is 0 Å². The van der Waals surface area contributed by atoms with Gasteiger partial charge in [0.05, 0.1) is 7.11 Å². The second-order valence-electron chi connectivity index (χ2n) is 3.75. The maximum Gasteiger partial charge on any atom is 0.250 e. The van der Waals surface area contributed by atoms with E-state index in [0.717, 1.165) is 17.0 Å². The maximum absolute atomic E-state index is 11.1. The molecule has 2 aromatic heterocycles. The van der Waals surface area contributed by atoms with Crippen LogP contribution in [0.5, 0.6) is 17.4 Å². The first-order valence-corrected chi connectivity index (χ1v) is 6.42. The third kappa shape index (κ3) is 2.06. The molecule has 6 heteroatoms. The van der Waals surface area contributed by atoms with Crippen LogP contribution in [0.2, 0.25) is 0 Å². The summed E-state index contributed by atoms with van der Waals surface area (Å²) in [5.41, 5.74) is 0.409. The molecule has 0 radical (unpaired) electrons. The van der Waals surface area contributed by atoms with E-state index in [4.69, 9.17) is 9.47 Å². The Hall–Kier alpha value is -2.34. The molecule has 0 aliphatic carbocycles. The van der Waals surface area contributed by atoms with Crippen molar-refractivity contribution in [2.45, 2.75) is 0 Å². The zero-order valence-electron chi connectivity index (χ0n) is 10.1. The van der Waals surface area contributed by atoms with Gasteiger partial charge in [0.15, 0.2) is 16.9 Å². The summed E-state index contributed by atoms with van der Waals surface area (Å²) in [5, 5.41) is 1.87. The number of thiazole rings is 1. The molecule has 0 N–H and O–H groups in total. The molecule has 96 valence electrons. The van der Waals surface area contributed by atoms with Gasteiger partial charge in [-0.1, -0.05) is 0 Å². The van der Waals surface area contributed by atoms with E-state index < -0.39 is 0 Å². The zero-order valence-corrected chi connectivity index (χ0v) is 10.9. The van der Waals surface area contributed by atoms with Crippen molar-refractivity contribution >= 4 is 22.6 Å². The first kappa shape index (κ1) is 11.7. The van der Waals surface area contributed by atoms with Crippen LogP contribution in [0.25, 0.3) is 4.96 Å². The van der Waals surface area contributed by atoms with E-state index in [9.17, 15) is 4.79 Å². The lowest BCUT2D eigenvalue weighted by molar-refractivity contribution is 0.111. The average Bonchev–Trinajstić information content (AvgIpc) is 3.00. The predicted molar refractivity (Wildman–Crippen MR) is 71.5 cm³/mol. The number of carbonyl (C=O) groups excluding carboxylic acids is 1. The highest BCUT2D eigenvalue weighted by Gasteiger charge is 2.14. The third-order valence-corrected chi connectivity index (χ3v) is 3.41. The number of nitrogens with zero attached hydrogens (tertiary/aromatic N) is 2. The molecule has 1 aromatic carbocycles. The normalized spacial score (nSPS) is 10.6. The molecule has 19 heavy (non-hydrogen) atoms. The summed E-state index contributed by atoms with van der Waals surface area (Å²) in [6.45, 7) is 0. The van der Waals surface area contributed by atoms with Crippen LogP contribution < -0.4 is 9.47 Å². The Morgan fingerprint density at radius 1 is 1.26 bits per heavy atom. The molecule has 0 amide bonds. The number of ether oxygens (including phenoxy) is 2. The second kappa shape index (κ2) is 4.74. The molecule has 0 bridgehead atoms. The minimum absolute atomic E-state index is 0.312. The number of imidazole rings is 1. The topological polar surface area (TPSA) is 52.8 Å². The van der Waals surface area contributed by atoms with Crippen LogP contribution in [-0.2, 0) is 0 Å². The summed E-state index contributed by atoms with van der Waals surface area (Å²) in [5.74, 6) is 1.66. The van der Waals surface area contributed by atoms with Gasteiger partial charge in [0.1, 0.15) is 11.5 Å². The Bertz CT molecular complexity index is 715. The Labute approximate surface area is 113 Å². The van der Waals surface area contributed by atoms with E-state index in [1.54, 1.807) is 42.0 Å². The molecule has 0 saturated heterocycles. The SMILES string of the molecule is COc1ccc(Oc2nc3sccn3c2C=O)cc1. The fourth-order valence-corrected chi connectivity index (χ4v) is 2.43. The van der Waals surface area contributed by atoms with Crippen LogP contribution >= 0.6 is 11.3 Å². The summed E-state index contributed by atoms with van der Waals surface area (Å²) in [6, 6.07) is 7.10. The Morgan fingerprint density at radius 2 is 2.00 bits per heavy atom. The molecule has 3 aromatic rings. The molecule has 0 aliphatic heterocycles. The molecule has 0 atom stereocenters. The first-order chi connectivity index (χ1) is 9.31. The van der Waals surface area contributed by atoms with E-state index in [2.05, 4.69) is 4.98 Å². The van der Waals surface area contributed by atoms with Crippen LogP contribution in [-0.4, -0.2) is 22.8 Å². The van der Waals surface area contributed by atoms with Crippen LogP contribution in [0.3, 0.4) is 0 Å². The fourth-order valence-electron chi connectivity index (χ4n) is 1.72. The summed E-state index contributed by atoms with van der Waals surface area (Å²) >= 11 is 1.45. The van der Waals surface area contributed by atoms with Crippen molar-refractivity contribution in [2.24, 2.45) is 0 Å². The summed E-state index contributed by atoms with van der Waals surface area (Å²) in [4.78, 5) is 16.1. The van der Waals surface area contributed by atoms with E-state index >= 15 is 0 Å². The highest BCUT2D eigenvalue weighted by atomic mass is 32.1. The van der Waals surface area contributed by atoms with Crippen molar-refractivity contribution in [1.29, 1.82) is 0 Å². The number of aldehydes is 1. The molecule has 0 aliphatic rings. The number of methoxy groups -OCH3 is 1. The average molecular weight is 274 g/mol. The Morgan fingerprint density at radius 3 is 2.68 bits per heavy atom. The van der Waals surface area contributed by atoms with Gasteiger partial charge in [-0.05, 0) is 24.3 Å². The van der Waals surface area contributed by atoms with Gasteiger partial charge in [0.2, 0.25) is 5.88 Å². The van der Waals surface area contributed by atoms with Crippen molar-refractivity contribution in [1.82, 2.24) is 9.38 Å². The second-order valence-corrected chi connectivity index (χ2v) is 4.63. The number of benzene rings is 1. The summed E-state index contributed by atoms with van der Waals surface area (Å²) in [7, 11) is 1.60. The van der Waals surface area contributed by atoms with Crippen molar-refractivity contribution < 1.29 is 14.3 Å². The fraction of sp³-hybridized carbons (Fsp3) is 0.0769. The lowest BCUT2D eigenvalue weighted by atomic mass is 10.3. The van der Waals surface area contributed by atoms with Crippen molar-refractivity contribution in [3.05, 3.63) is 41.5 Å². The molecule has 5 nitrogen and oxygen atoms in total. The molecule has 0 fully saturated rings. The minimum Gasteiger partial charge on any atom is -0.497 e. The standard InChI is InChI=1S/C13H10N2O3S/c1-17-9-2-4-10(5-3-9)18-12-11(8-16)15-6-7-19-13(15)14-12/h2-8H,1H3. The number of carbonyl (C=O) groups is 1. The van der Waals surface area contributed by atoms with Crippen LogP contribution in [0.1, 0.15) is 10.5 Å². The number of fused-ring (bicyclic) bond motifs is 1. The van der Waals surface area contributed by atoms with Gasteiger partial charge in [0.25, 0.3) is 0 Å². The van der Waals surface area contributed by atoms with Crippen molar-refractivity contribution in [2.75, 3.05) is 7.11 Å². The number of hydrogen-bond acceptors (Lipinski definition) is 5. The van der Waals surface area contributed by atoms with E-state index in [-0.39, 0.29) is 0 Å². The zero-order chi connectivity index (χ0) is 13.2. The number of hydrogen-bond donors (Lipinski definition) is 0. The van der Waals surface area contributed by atoms with Crippen molar-refractivity contribution in [3.63, 3.8) is 0 Å². The molecule has 0 saturated carbocycles. The van der Waals surface area contributed by atoms with Gasteiger partial charge in [-0.3, -0.25) is 9.20 Å². The lowest BCUT2D eigenvalue weighted by Crippen LogP contribution is -1.92.